The lowest BCUT2D eigenvalue weighted by Gasteiger charge is -2.08. The fraction of sp³-hybridized carbons (Fsp3) is 1.00. The van der Waals surface area contributed by atoms with Gasteiger partial charge in [0.15, 0.2) is 0 Å². The summed E-state index contributed by atoms with van der Waals surface area (Å²) >= 11 is 0. The Morgan fingerprint density at radius 2 is 2.30 bits per heavy atom. The summed E-state index contributed by atoms with van der Waals surface area (Å²) in [5, 5.41) is 0. The molecule has 0 radical (unpaired) electrons. The largest absolute Gasteiger partial charge is 0.338 e. The summed E-state index contributed by atoms with van der Waals surface area (Å²) in [7, 11) is -3.40. The highest BCUT2D eigenvalue weighted by Crippen LogP contribution is 2.08. The van der Waals surface area contributed by atoms with Gasteiger partial charge in [-0.25, -0.2) is 0 Å². The topological polar surface area (TPSA) is 72.6 Å². The van der Waals surface area contributed by atoms with Gasteiger partial charge in [-0.2, -0.15) is 12.7 Å². The maximum Gasteiger partial charge on any atom is 0.338 e. The molecule has 1 heterocycles. The van der Waals surface area contributed by atoms with E-state index in [1.165, 1.54) is 4.31 Å². The predicted molar refractivity (Wildman–Crippen MR) is 35.5 cm³/mol. The molecule has 1 aliphatic rings. The molecule has 10 heavy (non-hydrogen) atoms. The van der Waals surface area contributed by atoms with Crippen LogP contribution in [0.2, 0.25) is 0 Å². The van der Waals surface area contributed by atoms with Gasteiger partial charge in [0.05, 0.1) is 6.61 Å². The number of nitrogens with zero attached hydrogens (tertiary/aromatic N) is 1. The molecule has 5 nitrogen and oxygen atoms in total. The first kappa shape index (κ1) is 7.93. The molecule has 0 aromatic rings. The maximum atomic E-state index is 10.8. The first-order valence-electron chi connectivity index (χ1n) is 3.01. The van der Waals surface area contributed by atoms with Crippen LogP contribution in [-0.4, -0.2) is 39.0 Å². The second-order valence-corrected chi connectivity index (χ2v) is 3.57. The number of rotatable bonds is 2. The SMILES string of the molecule is NCCN1CCOS1(=O)=O. The van der Waals surface area contributed by atoms with E-state index < -0.39 is 10.3 Å². The van der Waals surface area contributed by atoms with E-state index in [1.807, 2.05) is 0 Å². The Bertz CT molecular complexity index is 201. The van der Waals surface area contributed by atoms with Gasteiger partial charge in [-0.05, 0) is 0 Å². The van der Waals surface area contributed by atoms with Crippen molar-refractivity contribution in [2.45, 2.75) is 0 Å². The van der Waals surface area contributed by atoms with E-state index in [-0.39, 0.29) is 6.61 Å². The van der Waals surface area contributed by atoms with Crippen LogP contribution in [0.25, 0.3) is 0 Å². The van der Waals surface area contributed by atoms with Crippen LogP contribution in [0.15, 0.2) is 0 Å². The lowest BCUT2D eigenvalue weighted by Crippen LogP contribution is -2.30. The van der Waals surface area contributed by atoms with E-state index in [0.717, 1.165) is 0 Å². The summed E-state index contributed by atoms with van der Waals surface area (Å²) in [4.78, 5) is 0. The standard InChI is InChI=1S/C4H10N2O3S/c5-1-2-6-3-4-9-10(6,7)8/h1-5H2. The third-order valence-electron chi connectivity index (χ3n) is 1.27. The molecule has 1 aliphatic heterocycles. The zero-order valence-corrected chi connectivity index (χ0v) is 6.30. The molecule has 0 aliphatic carbocycles. The van der Waals surface area contributed by atoms with Crippen molar-refractivity contribution in [3.05, 3.63) is 0 Å². The molecule has 0 saturated carbocycles. The lowest BCUT2D eigenvalue weighted by atomic mass is 10.6. The first-order chi connectivity index (χ1) is 4.67. The maximum absolute atomic E-state index is 10.8. The van der Waals surface area contributed by atoms with Gasteiger partial charge in [-0.1, -0.05) is 0 Å². The quantitative estimate of drug-likeness (QED) is 0.543. The van der Waals surface area contributed by atoms with Crippen molar-refractivity contribution in [2.24, 2.45) is 5.73 Å². The zero-order valence-electron chi connectivity index (χ0n) is 5.49. The van der Waals surface area contributed by atoms with E-state index in [4.69, 9.17) is 5.73 Å². The van der Waals surface area contributed by atoms with Crippen LogP contribution in [0.3, 0.4) is 0 Å². The van der Waals surface area contributed by atoms with Crippen molar-refractivity contribution >= 4 is 10.3 Å². The van der Waals surface area contributed by atoms with Gasteiger partial charge < -0.3 is 5.73 Å². The third kappa shape index (κ3) is 1.46. The Labute approximate surface area is 60.0 Å². The van der Waals surface area contributed by atoms with Gasteiger partial charge in [0, 0.05) is 19.6 Å². The molecule has 0 aromatic heterocycles. The van der Waals surface area contributed by atoms with Crippen molar-refractivity contribution in [3.8, 4) is 0 Å². The smallest absolute Gasteiger partial charge is 0.329 e. The van der Waals surface area contributed by atoms with Crippen molar-refractivity contribution in [3.63, 3.8) is 0 Å². The molecule has 1 saturated heterocycles. The van der Waals surface area contributed by atoms with Crippen molar-refractivity contribution in [2.75, 3.05) is 26.2 Å². The molecule has 60 valence electrons. The summed E-state index contributed by atoms with van der Waals surface area (Å²) < 4.78 is 27.3. The Morgan fingerprint density at radius 1 is 1.60 bits per heavy atom. The summed E-state index contributed by atoms with van der Waals surface area (Å²) in [5.41, 5.74) is 5.17. The Morgan fingerprint density at radius 3 is 2.70 bits per heavy atom. The average molecular weight is 166 g/mol. The van der Waals surface area contributed by atoms with Crippen LogP contribution < -0.4 is 5.73 Å². The molecule has 0 atom stereocenters. The van der Waals surface area contributed by atoms with E-state index in [1.54, 1.807) is 0 Å². The predicted octanol–water partition coefficient (Wildman–Crippen LogP) is -1.48. The van der Waals surface area contributed by atoms with Crippen LogP contribution in [-0.2, 0) is 14.5 Å². The fourth-order valence-electron chi connectivity index (χ4n) is 0.798. The van der Waals surface area contributed by atoms with Crippen molar-refractivity contribution in [1.29, 1.82) is 0 Å². The van der Waals surface area contributed by atoms with E-state index in [2.05, 4.69) is 4.18 Å². The minimum Gasteiger partial charge on any atom is -0.329 e. The van der Waals surface area contributed by atoms with Gasteiger partial charge in [0.25, 0.3) is 0 Å². The van der Waals surface area contributed by atoms with E-state index in [0.29, 0.717) is 19.6 Å². The molecule has 0 bridgehead atoms. The second-order valence-electron chi connectivity index (χ2n) is 1.97. The molecule has 1 fully saturated rings. The minimum absolute atomic E-state index is 0.252. The Kier molecular flexibility index (Phi) is 2.24. The van der Waals surface area contributed by atoms with Gasteiger partial charge in [-0.15, -0.1) is 0 Å². The Balaban J connectivity index is 2.60. The lowest BCUT2D eigenvalue weighted by molar-refractivity contribution is 0.362. The molecule has 0 spiro atoms. The number of hydrogen-bond acceptors (Lipinski definition) is 4. The zero-order chi connectivity index (χ0) is 7.61. The minimum atomic E-state index is -3.40. The van der Waals surface area contributed by atoms with Crippen LogP contribution in [0.5, 0.6) is 0 Å². The van der Waals surface area contributed by atoms with Gasteiger partial charge in [0.2, 0.25) is 0 Å². The van der Waals surface area contributed by atoms with Crippen molar-refractivity contribution < 1.29 is 12.6 Å². The van der Waals surface area contributed by atoms with E-state index in [9.17, 15) is 8.42 Å². The van der Waals surface area contributed by atoms with Gasteiger partial charge in [-0.3, -0.25) is 4.18 Å². The summed E-state index contributed by atoms with van der Waals surface area (Å²) in [5.74, 6) is 0. The highest BCUT2D eigenvalue weighted by Gasteiger charge is 2.28. The Hall–Kier alpha value is -0.170. The van der Waals surface area contributed by atoms with Gasteiger partial charge in [0.1, 0.15) is 0 Å². The number of hydrogen-bond donors (Lipinski definition) is 1. The summed E-state index contributed by atoms with van der Waals surface area (Å²) in [6.45, 7) is 1.37. The second kappa shape index (κ2) is 2.83. The molecule has 2 N–H and O–H groups in total. The highest BCUT2D eigenvalue weighted by atomic mass is 32.2. The highest BCUT2D eigenvalue weighted by molar-refractivity contribution is 7.84. The van der Waals surface area contributed by atoms with Crippen LogP contribution in [0.1, 0.15) is 0 Å². The fourth-order valence-corrected chi connectivity index (χ4v) is 1.86. The third-order valence-corrected chi connectivity index (χ3v) is 2.73. The monoisotopic (exact) mass is 166 g/mol. The molecule has 6 heteroatoms. The first-order valence-corrected chi connectivity index (χ1v) is 4.38. The van der Waals surface area contributed by atoms with Crippen LogP contribution in [0, 0.1) is 0 Å². The van der Waals surface area contributed by atoms with Crippen LogP contribution >= 0.6 is 0 Å². The normalized spacial score (nSPS) is 25.3. The molecular formula is C4H10N2O3S. The molecule has 0 unspecified atom stereocenters. The number of nitrogens with two attached hydrogens (primary N) is 1. The summed E-state index contributed by atoms with van der Waals surface area (Å²) in [6, 6.07) is 0. The van der Waals surface area contributed by atoms with Crippen molar-refractivity contribution in [1.82, 2.24) is 4.31 Å². The molecule has 1 rings (SSSR count). The molecule has 0 aromatic carbocycles. The average Bonchev–Trinajstić information content (AvgIpc) is 2.13. The summed E-state index contributed by atoms with van der Waals surface area (Å²) in [6.07, 6.45) is 0. The van der Waals surface area contributed by atoms with Crippen LogP contribution in [0.4, 0.5) is 0 Å². The molecule has 0 amide bonds. The van der Waals surface area contributed by atoms with Gasteiger partial charge >= 0.3 is 10.3 Å². The van der Waals surface area contributed by atoms with E-state index >= 15 is 0 Å². The molecular weight excluding hydrogens is 156 g/mol.